The maximum Gasteiger partial charge on any atom is 0.134 e. The highest BCUT2D eigenvalue weighted by Crippen LogP contribution is 2.38. The third-order valence-electron chi connectivity index (χ3n) is 3.22. The highest BCUT2D eigenvalue weighted by atomic mass is 35.5. The van der Waals surface area contributed by atoms with Gasteiger partial charge in [-0.3, -0.25) is 0 Å². The lowest BCUT2D eigenvalue weighted by Crippen LogP contribution is -2.22. The fourth-order valence-electron chi connectivity index (χ4n) is 1.90. The number of nitrogens with zero attached hydrogens (tertiary/aromatic N) is 3. The molecule has 4 heteroatoms. The molecular weight excluding hydrogens is 222 g/mol. The molecule has 1 fully saturated rings. The smallest absolute Gasteiger partial charge is 0.134 e. The third kappa shape index (κ3) is 2.64. The van der Waals surface area contributed by atoms with Gasteiger partial charge in [-0.05, 0) is 18.3 Å². The van der Waals surface area contributed by atoms with Crippen molar-refractivity contribution in [3.05, 3.63) is 17.0 Å². The van der Waals surface area contributed by atoms with E-state index in [0.29, 0.717) is 5.15 Å². The molecule has 0 amide bonds. The molecule has 1 aliphatic carbocycles. The zero-order chi connectivity index (χ0) is 11.7. The summed E-state index contributed by atoms with van der Waals surface area (Å²) in [6.45, 7) is 5.40. The first-order chi connectivity index (χ1) is 7.60. The molecule has 0 radical (unpaired) electrons. The standard InChI is InChI=1S/C12H18ClN3/c1-4-11-14-10(13)6-12(15-11)16(3)7-9-5-8(9)2/h6,8-9H,4-5,7H2,1-3H3. The first kappa shape index (κ1) is 11.6. The molecule has 1 aromatic rings. The second-order valence-corrected chi connectivity index (χ2v) is 5.06. The largest absolute Gasteiger partial charge is 0.359 e. The van der Waals surface area contributed by atoms with Gasteiger partial charge in [0.05, 0.1) is 0 Å². The van der Waals surface area contributed by atoms with Gasteiger partial charge in [-0.1, -0.05) is 25.4 Å². The maximum absolute atomic E-state index is 5.98. The zero-order valence-electron chi connectivity index (χ0n) is 10.1. The molecule has 1 saturated carbocycles. The summed E-state index contributed by atoms with van der Waals surface area (Å²) in [5.41, 5.74) is 0. The number of hydrogen-bond donors (Lipinski definition) is 0. The van der Waals surface area contributed by atoms with Gasteiger partial charge in [0.15, 0.2) is 0 Å². The molecule has 3 nitrogen and oxygen atoms in total. The number of aryl methyl sites for hydroxylation is 1. The Bertz CT molecular complexity index is 381. The van der Waals surface area contributed by atoms with Crippen molar-refractivity contribution in [2.24, 2.45) is 11.8 Å². The number of hydrogen-bond acceptors (Lipinski definition) is 3. The Morgan fingerprint density at radius 3 is 2.75 bits per heavy atom. The van der Waals surface area contributed by atoms with Gasteiger partial charge in [0.1, 0.15) is 16.8 Å². The Balaban J connectivity index is 2.09. The summed E-state index contributed by atoms with van der Waals surface area (Å²) >= 11 is 5.98. The first-order valence-electron chi connectivity index (χ1n) is 5.84. The van der Waals surface area contributed by atoms with Crippen LogP contribution in [0.4, 0.5) is 5.82 Å². The fraction of sp³-hybridized carbons (Fsp3) is 0.667. The van der Waals surface area contributed by atoms with Crippen molar-refractivity contribution in [3.8, 4) is 0 Å². The Kier molecular flexibility index (Phi) is 3.33. The minimum absolute atomic E-state index is 0.539. The van der Waals surface area contributed by atoms with Crippen LogP contribution in [0.3, 0.4) is 0 Å². The van der Waals surface area contributed by atoms with Crippen molar-refractivity contribution in [1.82, 2.24) is 9.97 Å². The van der Waals surface area contributed by atoms with E-state index in [1.165, 1.54) is 6.42 Å². The molecule has 0 bridgehead atoms. The third-order valence-corrected chi connectivity index (χ3v) is 3.41. The summed E-state index contributed by atoms with van der Waals surface area (Å²) in [4.78, 5) is 10.8. The van der Waals surface area contributed by atoms with E-state index in [0.717, 1.165) is 36.4 Å². The first-order valence-corrected chi connectivity index (χ1v) is 6.22. The predicted octanol–water partition coefficient (Wildman–Crippen LogP) is 2.78. The summed E-state index contributed by atoms with van der Waals surface area (Å²) in [5.74, 6) is 3.45. The SMILES string of the molecule is CCc1nc(Cl)cc(N(C)CC2CC2C)n1. The lowest BCUT2D eigenvalue weighted by Gasteiger charge is -2.18. The number of anilines is 1. The summed E-state index contributed by atoms with van der Waals surface area (Å²) in [6.07, 6.45) is 2.16. The highest BCUT2D eigenvalue weighted by molar-refractivity contribution is 6.29. The van der Waals surface area contributed by atoms with Crippen LogP contribution in [-0.2, 0) is 6.42 Å². The van der Waals surface area contributed by atoms with Gasteiger partial charge in [0, 0.05) is 26.1 Å². The average Bonchev–Trinajstić information content (AvgIpc) is 2.93. The van der Waals surface area contributed by atoms with Gasteiger partial charge in [0.25, 0.3) is 0 Å². The molecule has 0 saturated heterocycles. The summed E-state index contributed by atoms with van der Waals surface area (Å²) in [5, 5.41) is 0.539. The van der Waals surface area contributed by atoms with E-state index in [1.54, 1.807) is 0 Å². The molecule has 0 N–H and O–H groups in total. The van der Waals surface area contributed by atoms with Gasteiger partial charge in [-0.25, -0.2) is 9.97 Å². The quantitative estimate of drug-likeness (QED) is 0.757. The van der Waals surface area contributed by atoms with Crippen LogP contribution < -0.4 is 4.90 Å². The zero-order valence-corrected chi connectivity index (χ0v) is 10.8. The number of aromatic nitrogens is 2. The van der Waals surface area contributed by atoms with E-state index in [2.05, 4.69) is 28.8 Å². The minimum atomic E-state index is 0.539. The molecule has 2 rings (SSSR count). The van der Waals surface area contributed by atoms with E-state index in [4.69, 9.17) is 11.6 Å². The van der Waals surface area contributed by atoms with Crippen LogP contribution in [0.15, 0.2) is 6.07 Å². The van der Waals surface area contributed by atoms with E-state index in [-0.39, 0.29) is 0 Å². The van der Waals surface area contributed by atoms with Crippen molar-refractivity contribution in [2.45, 2.75) is 26.7 Å². The van der Waals surface area contributed by atoms with Gasteiger partial charge >= 0.3 is 0 Å². The fourth-order valence-corrected chi connectivity index (χ4v) is 2.10. The van der Waals surface area contributed by atoms with Crippen molar-refractivity contribution >= 4 is 17.4 Å². The molecule has 16 heavy (non-hydrogen) atoms. The van der Waals surface area contributed by atoms with E-state index in [9.17, 15) is 0 Å². The van der Waals surface area contributed by atoms with Crippen LogP contribution in [-0.4, -0.2) is 23.6 Å². The Morgan fingerprint density at radius 1 is 1.50 bits per heavy atom. The summed E-state index contributed by atoms with van der Waals surface area (Å²) in [7, 11) is 2.07. The second-order valence-electron chi connectivity index (χ2n) is 4.67. The normalized spacial score (nSPS) is 23.2. The van der Waals surface area contributed by atoms with Crippen LogP contribution in [0.1, 0.15) is 26.1 Å². The van der Waals surface area contributed by atoms with Gasteiger partial charge in [-0.2, -0.15) is 0 Å². The van der Waals surface area contributed by atoms with Crippen molar-refractivity contribution in [2.75, 3.05) is 18.5 Å². The minimum Gasteiger partial charge on any atom is -0.359 e. The van der Waals surface area contributed by atoms with Crippen molar-refractivity contribution < 1.29 is 0 Å². The average molecular weight is 240 g/mol. The van der Waals surface area contributed by atoms with Gasteiger partial charge < -0.3 is 4.90 Å². The maximum atomic E-state index is 5.98. The van der Waals surface area contributed by atoms with Gasteiger partial charge in [0.2, 0.25) is 0 Å². The van der Waals surface area contributed by atoms with E-state index < -0.39 is 0 Å². The van der Waals surface area contributed by atoms with Crippen LogP contribution >= 0.6 is 11.6 Å². The van der Waals surface area contributed by atoms with Crippen LogP contribution in [0.2, 0.25) is 5.15 Å². The van der Waals surface area contributed by atoms with Crippen LogP contribution in [0.5, 0.6) is 0 Å². The molecule has 2 atom stereocenters. The molecule has 1 aromatic heterocycles. The molecule has 0 spiro atoms. The highest BCUT2D eigenvalue weighted by Gasteiger charge is 2.33. The van der Waals surface area contributed by atoms with Crippen LogP contribution in [0, 0.1) is 11.8 Å². The van der Waals surface area contributed by atoms with Crippen LogP contribution in [0.25, 0.3) is 0 Å². The van der Waals surface area contributed by atoms with E-state index in [1.807, 2.05) is 13.0 Å². The Morgan fingerprint density at radius 2 is 2.19 bits per heavy atom. The van der Waals surface area contributed by atoms with E-state index >= 15 is 0 Å². The molecule has 88 valence electrons. The lowest BCUT2D eigenvalue weighted by atomic mass is 10.3. The monoisotopic (exact) mass is 239 g/mol. The summed E-state index contributed by atoms with van der Waals surface area (Å²) in [6, 6.07) is 1.84. The predicted molar refractivity (Wildman–Crippen MR) is 67.0 cm³/mol. The Labute approximate surface area is 102 Å². The van der Waals surface area contributed by atoms with Gasteiger partial charge in [-0.15, -0.1) is 0 Å². The molecular formula is C12H18ClN3. The van der Waals surface area contributed by atoms with Crippen molar-refractivity contribution in [1.29, 1.82) is 0 Å². The Hall–Kier alpha value is -0.830. The molecule has 2 unspecified atom stereocenters. The van der Waals surface area contributed by atoms with Crippen molar-refractivity contribution in [3.63, 3.8) is 0 Å². The lowest BCUT2D eigenvalue weighted by molar-refractivity contribution is 0.716. The molecule has 1 heterocycles. The number of rotatable bonds is 4. The summed E-state index contributed by atoms with van der Waals surface area (Å²) < 4.78 is 0. The molecule has 1 aliphatic rings. The molecule has 0 aliphatic heterocycles. The second kappa shape index (κ2) is 4.58. The topological polar surface area (TPSA) is 29.0 Å². The molecule has 0 aromatic carbocycles. The number of halogens is 1.